The largest absolute Gasteiger partial charge is 0.487 e. The minimum absolute atomic E-state index is 0.00364. The number of ether oxygens (including phenoxy) is 2. The summed E-state index contributed by atoms with van der Waals surface area (Å²) in [6.45, 7) is 10.5. The Bertz CT molecular complexity index is 588. The van der Waals surface area contributed by atoms with Crippen LogP contribution in [0.25, 0.3) is 0 Å². The Morgan fingerprint density at radius 3 is 2.79 bits per heavy atom. The first-order chi connectivity index (χ1) is 11.4. The highest BCUT2D eigenvalue weighted by molar-refractivity contribution is 5.91. The van der Waals surface area contributed by atoms with Gasteiger partial charge in [-0.05, 0) is 38.5 Å². The second kappa shape index (κ2) is 8.17. The number of urea groups is 1. The molecular formula is C18H26N2O4. The Kier molecular flexibility index (Phi) is 6.23. The third-order valence-corrected chi connectivity index (χ3v) is 3.57. The van der Waals surface area contributed by atoms with Gasteiger partial charge < -0.3 is 24.8 Å². The van der Waals surface area contributed by atoms with Crippen molar-refractivity contribution in [2.45, 2.75) is 39.1 Å². The van der Waals surface area contributed by atoms with Gasteiger partial charge in [0.05, 0.1) is 31.0 Å². The number of likely N-dealkylation sites (tertiary alicyclic amines) is 1. The topological polar surface area (TPSA) is 71.0 Å². The van der Waals surface area contributed by atoms with Gasteiger partial charge in [-0.25, -0.2) is 4.79 Å². The van der Waals surface area contributed by atoms with Gasteiger partial charge in [0.2, 0.25) is 0 Å². The average Bonchev–Trinajstić information content (AvgIpc) is 2.87. The quantitative estimate of drug-likeness (QED) is 0.785. The molecule has 0 aromatic heterocycles. The first kappa shape index (κ1) is 18.3. The molecule has 1 aromatic rings. The molecule has 1 fully saturated rings. The number of aliphatic hydroxyl groups is 1. The molecule has 1 aliphatic rings. The van der Waals surface area contributed by atoms with E-state index in [4.69, 9.17) is 9.47 Å². The fourth-order valence-corrected chi connectivity index (χ4v) is 2.50. The van der Waals surface area contributed by atoms with Crippen molar-refractivity contribution in [1.82, 2.24) is 4.90 Å². The van der Waals surface area contributed by atoms with E-state index >= 15 is 0 Å². The van der Waals surface area contributed by atoms with Crippen molar-refractivity contribution in [3.63, 3.8) is 0 Å². The van der Waals surface area contributed by atoms with Crippen molar-refractivity contribution in [3.05, 3.63) is 36.4 Å². The smallest absolute Gasteiger partial charge is 0.322 e. The van der Waals surface area contributed by atoms with E-state index in [9.17, 15) is 9.90 Å². The number of carbonyl (C=O) groups is 1. The number of hydrogen-bond donors (Lipinski definition) is 2. The number of nitrogens with one attached hydrogen (secondary N) is 1. The van der Waals surface area contributed by atoms with Gasteiger partial charge >= 0.3 is 6.03 Å². The van der Waals surface area contributed by atoms with Crippen molar-refractivity contribution in [1.29, 1.82) is 0 Å². The van der Waals surface area contributed by atoms with Crippen LogP contribution in [0.15, 0.2) is 36.4 Å². The molecule has 24 heavy (non-hydrogen) atoms. The number of nitrogens with zero attached hydrogens (tertiary/aromatic N) is 1. The second-order valence-corrected chi connectivity index (χ2v) is 6.37. The number of rotatable bonds is 6. The van der Waals surface area contributed by atoms with Crippen molar-refractivity contribution < 1.29 is 19.4 Å². The molecule has 1 aromatic carbocycles. The number of anilines is 1. The predicted molar refractivity (Wildman–Crippen MR) is 93.4 cm³/mol. The lowest BCUT2D eigenvalue weighted by Gasteiger charge is -2.19. The van der Waals surface area contributed by atoms with Crippen LogP contribution in [0.3, 0.4) is 0 Å². The predicted octanol–water partition coefficient (Wildman–Crippen LogP) is 2.64. The second-order valence-electron chi connectivity index (χ2n) is 6.37. The number of para-hydroxylation sites is 2. The van der Waals surface area contributed by atoms with Crippen LogP contribution < -0.4 is 10.1 Å². The molecule has 6 heteroatoms. The molecule has 2 amide bonds. The minimum atomic E-state index is -0.673. The summed E-state index contributed by atoms with van der Waals surface area (Å²) in [7, 11) is 0. The first-order valence-corrected chi connectivity index (χ1v) is 8.12. The number of aliphatic hydroxyl groups excluding tert-OH is 1. The van der Waals surface area contributed by atoms with E-state index in [0.717, 1.165) is 5.57 Å². The summed E-state index contributed by atoms with van der Waals surface area (Å²) in [5.74, 6) is 0.587. The maximum atomic E-state index is 12.5. The fourth-order valence-electron chi connectivity index (χ4n) is 2.50. The number of β-amino-alcohol motifs (C(OH)–C–C–N with tert-alkyl or cyclic N) is 1. The summed E-state index contributed by atoms with van der Waals surface area (Å²) in [5, 5.41) is 12.9. The molecule has 0 spiro atoms. The van der Waals surface area contributed by atoms with Gasteiger partial charge in [0, 0.05) is 0 Å². The number of carbonyl (C=O) groups excluding carboxylic acids is 1. The highest BCUT2D eigenvalue weighted by Gasteiger charge is 2.35. The maximum absolute atomic E-state index is 12.5. The van der Waals surface area contributed by atoms with E-state index < -0.39 is 6.10 Å². The molecule has 0 radical (unpaired) electrons. The maximum Gasteiger partial charge on any atom is 0.322 e. The average molecular weight is 334 g/mol. The summed E-state index contributed by atoms with van der Waals surface area (Å²) in [5.41, 5.74) is 1.49. The van der Waals surface area contributed by atoms with E-state index in [2.05, 4.69) is 11.9 Å². The molecule has 6 nitrogen and oxygen atoms in total. The Morgan fingerprint density at radius 1 is 1.42 bits per heavy atom. The highest BCUT2D eigenvalue weighted by atomic mass is 16.5. The summed E-state index contributed by atoms with van der Waals surface area (Å²) in [6.07, 6.45) is -1.03. The molecule has 0 unspecified atom stereocenters. The molecule has 1 aliphatic heterocycles. The van der Waals surface area contributed by atoms with Gasteiger partial charge in [-0.2, -0.15) is 0 Å². The van der Waals surface area contributed by atoms with Crippen molar-refractivity contribution in [2.75, 3.05) is 25.0 Å². The third kappa shape index (κ3) is 4.97. The zero-order chi connectivity index (χ0) is 17.7. The Morgan fingerprint density at radius 2 is 2.12 bits per heavy atom. The van der Waals surface area contributed by atoms with Crippen LogP contribution in [0.2, 0.25) is 0 Å². The van der Waals surface area contributed by atoms with Gasteiger partial charge in [-0.3, -0.25) is 0 Å². The van der Waals surface area contributed by atoms with Gasteiger partial charge in [0.1, 0.15) is 18.5 Å². The van der Waals surface area contributed by atoms with Crippen LogP contribution in [0, 0.1) is 0 Å². The molecule has 2 rings (SSSR count). The zero-order valence-corrected chi connectivity index (χ0v) is 14.5. The van der Waals surface area contributed by atoms with Gasteiger partial charge in [-0.15, -0.1) is 0 Å². The number of amides is 2. The lowest BCUT2D eigenvalue weighted by Crippen LogP contribution is -2.34. The number of hydrogen-bond acceptors (Lipinski definition) is 4. The monoisotopic (exact) mass is 334 g/mol. The van der Waals surface area contributed by atoms with Gasteiger partial charge in [-0.1, -0.05) is 18.7 Å². The summed E-state index contributed by atoms with van der Waals surface area (Å²) < 4.78 is 11.3. The molecule has 0 aliphatic carbocycles. The molecule has 1 heterocycles. The van der Waals surface area contributed by atoms with Crippen LogP contribution in [0.1, 0.15) is 20.8 Å². The van der Waals surface area contributed by atoms with Gasteiger partial charge in [0.15, 0.2) is 0 Å². The van der Waals surface area contributed by atoms with Crippen LogP contribution in [0.4, 0.5) is 10.5 Å². The lowest BCUT2D eigenvalue weighted by molar-refractivity contribution is -0.0393. The fraction of sp³-hybridized carbons (Fsp3) is 0.500. The molecule has 2 N–H and O–H groups in total. The van der Waals surface area contributed by atoms with Crippen molar-refractivity contribution in [2.24, 2.45) is 0 Å². The van der Waals surface area contributed by atoms with E-state index in [0.29, 0.717) is 24.6 Å². The molecule has 0 bridgehead atoms. The first-order valence-electron chi connectivity index (χ1n) is 8.12. The minimum Gasteiger partial charge on any atom is -0.487 e. The Balaban J connectivity index is 1.99. The van der Waals surface area contributed by atoms with E-state index in [1.165, 1.54) is 0 Å². The van der Waals surface area contributed by atoms with E-state index in [-0.39, 0.29) is 24.8 Å². The van der Waals surface area contributed by atoms with Crippen molar-refractivity contribution in [3.8, 4) is 5.75 Å². The van der Waals surface area contributed by atoms with Gasteiger partial charge in [0.25, 0.3) is 0 Å². The van der Waals surface area contributed by atoms with Crippen LogP contribution in [-0.2, 0) is 4.74 Å². The summed E-state index contributed by atoms with van der Waals surface area (Å²) in [6, 6.07) is 6.96. The SMILES string of the molecule is C=C(C)COc1ccccc1NC(=O)N1C[C@H](OC(C)C)[C@@H](O)C1. The Labute approximate surface area is 143 Å². The molecule has 1 saturated heterocycles. The summed E-state index contributed by atoms with van der Waals surface area (Å²) in [4.78, 5) is 14.0. The van der Waals surface area contributed by atoms with Crippen LogP contribution in [-0.4, -0.2) is 54.0 Å². The highest BCUT2D eigenvalue weighted by Crippen LogP contribution is 2.25. The molecular weight excluding hydrogens is 308 g/mol. The van der Waals surface area contributed by atoms with Crippen LogP contribution in [0.5, 0.6) is 5.75 Å². The third-order valence-electron chi connectivity index (χ3n) is 3.57. The molecule has 132 valence electrons. The number of benzene rings is 1. The van der Waals surface area contributed by atoms with Crippen LogP contribution >= 0.6 is 0 Å². The lowest BCUT2D eigenvalue weighted by atomic mass is 10.2. The zero-order valence-electron chi connectivity index (χ0n) is 14.5. The summed E-state index contributed by atoms with van der Waals surface area (Å²) >= 11 is 0. The normalized spacial score (nSPS) is 20.3. The molecule has 0 saturated carbocycles. The van der Waals surface area contributed by atoms with Crippen molar-refractivity contribution >= 4 is 11.7 Å². The standard InChI is InChI=1S/C18H26N2O4/c1-12(2)11-23-16-8-6-5-7-14(16)19-18(22)20-9-15(21)17(10-20)24-13(3)4/h5-8,13,15,17,21H,1,9-11H2,2-4H3,(H,19,22)/t15-,17-/m0/s1. The van der Waals surface area contributed by atoms with E-state index in [1.54, 1.807) is 17.0 Å². The Hall–Kier alpha value is -2.05. The van der Waals surface area contributed by atoms with E-state index in [1.807, 2.05) is 32.9 Å². The molecule has 2 atom stereocenters.